The van der Waals surface area contributed by atoms with Gasteiger partial charge in [0.05, 0.1) is 10.0 Å². The van der Waals surface area contributed by atoms with Crippen LogP contribution in [0.25, 0.3) is 4.98 Å². The number of hydrogen-bond donors (Lipinski definition) is 0. The third kappa shape index (κ3) is 2.59. The van der Waals surface area contributed by atoms with Gasteiger partial charge < -0.3 is 5.11 Å². The molecule has 1 heterocycles. The normalized spacial score (nSPS) is 11.4. The molecule has 6 nitrogen and oxygen atoms in total. The molecular formula is C12H9Cl2N5O. The number of rotatable bonds is 2. The molecule has 1 aromatic carbocycles. The molecule has 20 heavy (non-hydrogen) atoms. The van der Waals surface area contributed by atoms with E-state index in [1.807, 2.05) is 0 Å². The Balaban J connectivity index is 2.50. The molecule has 0 saturated carbocycles. The van der Waals surface area contributed by atoms with E-state index in [1.54, 1.807) is 14.0 Å². The lowest BCUT2D eigenvalue weighted by atomic mass is 10.2. The molecule has 2 aromatic rings. The Labute approximate surface area is 124 Å². The molecule has 8 heteroatoms. The van der Waals surface area contributed by atoms with Crippen LogP contribution in [0.5, 0.6) is 0 Å². The molecule has 0 aliphatic carbocycles. The van der Waals surface area contributed by atoms with Crippen LogP contribution >= 0.6 is 23.2 Å². The second-order valence-electron chi connectivity index (χ2n) is 4.03. The first kappa shape index (κ1) is 14.3. The number of aliphatic imine (C=N–C) groups is 1. The molecule has 0 unspecified atom stereocenters. The van der Waals surface area contributed by atoms with E-state index in [2.05, 4.69) is 15.1 Å². The van der Waals surface area contributed by atoms with Gasteiger partial charge in [-0.15, -0.1) is 0 Å². The predicted molar refractivity (Wildman–Crippen MR) is 75.3 cm³/mol. The lowest BCUT2D eigenvalue weighted by Gasteiger charge is -2.10. The summed E-state index contributed by atoms with van der Waals surface area (Å²) in [4.78, 5) is 6.99. The number of nitrogens with zero attached hydrogens (tertiary/aromatic N) is 5. The molecule has 0 saturated heterocycles. The summed E-state index contributed by atoms with van der Waals surface area (Å²) in [6.45, 7) is 1.65. The van der Waals surface area contributed by atoms with E-state index in [4.69, 9.17) is 28.6 Å². The number of benzene rings is 1. The summed E-state index contributed by atoms with van der Waals surface area (Å²) >= 11 is 11.6. The second-order valence-corrected chi connectivity index (χ2v) is 4.84. The number of aromatic nitrogens is 2. The largest absolute Gasteiger partial charge is 0.858 e. The van der Waals surface area contributed by atoms with E-state index in [-0.39, 0.29) is 22.1 Å². The molecule has 102 valence electrons. The number of aryl methyl sites for hydroxylation is 2. The Morgan fingerprint density at radius 1 is 1.40 bits per heavy atom. The van der Waals surface area contributed by atoms with Crippen molar-refractivity contribution >= 4 is 40.6 Å². The van der Waals surface area contributed by atoms with Gasteiger partial charge in [-0.2, -0.15) is 5.10 Å². The van der Waals surface area contributed by atoms with Crippen LogP contribution in [0.15, 0.2) is 23.2 Å². The summed E-state index contributed by atoms with van der Waals surface area (Å²) in [7, 11) is 1.60. The summed E-state index contributed by atoms with van der Waals surface area (Å²) < 4.78 is 1.36. The summed E-state index contributed by atoms with van der Waals surface area (Å²) in [6.07, 6.45) is 0. The third-order valence-electron chi connectivity index (χ3n) is 2.64. The first-order valence-corrected chi connectivity index (χ1v) is 6.29. The highest BCUT2D eigenvalue weighted by molar-refractivity contribution is 6.42. The first-order valence-electron chi connectivity index (χ1n) is 5.54. The van der Waals surface area contributed by atoms with E-state index in [1.165, 1.54) is 22.9 Å². The molecule has 0 bridgehead atoms. The Kier molecular flexibility index (Phi) is 3.93. The van der Waals surface area contributed by atoms with Crippen LogP contribution in [-0.2, 0) is 7.05 Å². The second kappa shape index (κ2) is 5.49. The lowest BCUT2D eigenvalue weighted by molar-refractivity contribution is -0.212. The highest BCUT2D eigenvalue weighted by atomic mass is 35.5. The van der Waals surface area contributed by atoms with Gasteiger partial charge in [0.25, 0.3) is 0 Å². The molecule has 0 aliphatic rings. The summed E-state index contributed by atoms with van der Waals surface area (Å²) in [6, 6.07) is 4.45. The number of diazo groups is 1. The zero-order chi connectivity index (χ0) is 14.9. The summed E-state index contributed by atoms with van der Waals surface area (Å²) in [5, 5.41) is 25.7. The molecular weight excluding hydrogens is 301 g/mol. The third-order valence-corrected chi connectivity index (χ3v) is 3.37. The molecule has 0 spiro atoms. The maximum atomic E-state index is 12.1. The van der Waals surface area contributed by atoms with Crippen molar-refractivity contribution < 1.29 is 5.11 Å². The average Bonchev–Trinajstić information content (AvgIpc) is 2.67. The van der Waals surface area contributed by atoms with Crippen molar-refractivity contribution in [1.29, 1.82) is 5.39 Å². The SMILES string of the molecule is Cc1nn(C)c(N=C([O-])c2ccc(Cl)c(Cl)c2)c1[N+]#N. The fraction of sp³-hybridized carbons (Fsp3) is 0.167. The van der Waals surface area contributed by atoms with Gasteiger partial charge in [-0.05, 0) is 30.5 Å². The molecule has 0 amide bonds. The number of hydrogen-bond acceptors (Lipinski definition) is 4. The maximum Gasteiger partial charge on any atom is 0.451 e. The van der Waals surface area contributed by atoms with Crippen molar-refractivity contribution in [2.75, 3.05) is 0 Å². The fourth-order valence-corrected chi connectivity index (χ4v) is 1.97. The zero-order valence-corrected chi connectivity index (χ0v) is 12.1. The van der Waals surface area contributed by atoms with Gasteiger partial charge in [0.15, 0.2) is 10.7 Å². The Morgan fingerprint density at radius 3 is 2.70 bits per heavy atom. The van der Waals surface area contributed by atoms with Gasteiger partial charge in [0, 0.05) is 7.05 Å². The topological polar surface area (TPSA) is 81.4 Å². The van der Waals surface area contributed by atoms with E-state index < -0.39 is 5.90 Å². The van der Waals surface area contributed by atoms with Crippen LogP contribution in [0.4, 0.5) is 11.5 Å². The molecule has 2 rings (SSSR count). The van der Waals surface area contributed by atoms with Gasteiger partial charge >= 0.3 is 5.69 Å². The van der Waals surface area contributed by atoms with Crippen molar-refractivity contribution in [3.05, 3.63) is 44.5 Å². The minimum Gasteiger partial charge on any atom is -0.858 e. The predicted octanol–water partition coefficient (Wildman–Crippen LogP) is 2.96. The van der Waals surface area contributed by atoms with Gasteiger partial charge in [-0.3, -0.25) is 0 Å². The fourth-order valence-electron chi connectivity index (χ4n) is 1.67. The van der Waals surface area contributed by atoms with Crippen molar-refractivity contribution in [3.8, 4) is 0 Å². The van der Waals surface area contributed by atoms with E-state index in [9.17, 15) is 5.11 Å². The van der Waals surface area contributed by atoms with Crippen LogP contribution in [-0.4, -0.2) is 15.7 Å². The minimum atomic E-state index is -0.531. The maximum absolute atomic E-state index is 12.1. The molecule has 1 aromatic heterocycles. The lowest BCUT2D eigenvalue weighted by Crippen LogP contribution is -2.18. The Bertz CT molecular complexity index is 745. The van der Waals surface area contributed by atoms with E-state index in [0.29, 0.717) is 10.7 Å². The highest BCUT2D eigenvalue weighted by Crippen LogP contribution is 2.31. The van der Waals surface area contributed by atoms with Gasteiger partial charge in [0.1, 0.15) is 0 Å². The molecule has 0 fully saturated rings. The molecule has 0 N–H and O–H groups in total. The van der Waals surface area contributed by atoms with Crippen LogP contribution in [0.2, 0.25) is 10.0 Å². The molecule has 0 atom stereocenters. The van der Waals surface area contributed by atoms with Crippen LogP contribution < -0.4 is 5.11 Å². The van der Waals surface area contributed by atoms with Crippen LogP contribution in [0.1, 0.15) is 11.3 Å². The van der Waals surface area contributed by atoms with Crippen LogP contribution in [0, 0.1) is 12.3 Å². The Morgan fingerprint density at radius 2 is 2.10 bits per heavy atom. The quantitative estimate of drug-likeness (QED) is 0.486. The van der Waals surface area contributed by atoms with Gasteiger partial charge in [-0.1, -0.05) is 29.3 Å². The van der Waals surface area contributed by atoms with E-state index in [0.717, 1.165) is 0 Å². The smallest absolute Gasteiger partial charge is 0.451 e. The minimum absolute atomic E-state index is 0.154. The molecule has 0 aliphatic heterocycles. The first-order chi connectivity index (χ1) is 9.43. The molecule has 0 radical (unpaired) electrons. The highest BCUT2D eigenvalue weighted by Gasteiger charge is 2.24. The van der Waals surface area contributed by atoms with Crippen molar-refractivity contribution in [1.82, 2.24) is 9.78 Å². The number of halogens is 2. The Hall–Kier alpha value is -2.10. The van der Waals surface area contributed by atoms with Crippen molar-refractivity contribution in [2.45, 2.75) is 6.92 Å². The van der Waals surface area contributed by atoms with Gasteiger partial charge in [0.2, 0.25) is 11.2 Å². The van der Waals surface area contributed by atoms with Crippen molar-refractivity contribution in [3.63, 3.8) is 0 Å². The van der Waals surface area contributed by atoms with Gasteiger partial charge in [-0.25, -0.2) is 9.67 Å². The van der Waals surface area contributed by atoms with Crippen molar-refractivity contribution in [2.24, 2.45) is 12.0 Å². The summed E-state index contributed by atoms with van der Waals surface area (Å²) in [5.74, 6) is -0.363. The average molecular weight is 310 g/mol. The summed E-state index contributed by atoms with van der Waals surface area (Å²) in [5.41, 5.74) is 0.902. The zero-order valence-electron chi connectivity index (χ0n) is 10.6. The monoisotopic (exact) mass is 309 g/mol. The van der Waals surface area contributed by atoms with E-state index >= 15 is 0 Å². The standard InChI is InChI=1S/C12H9Cl2N5O/c1-6-10(17-15)11(19(2)18-6)16-12(20)7-3-4-8(13)9(14)5-7/h3-5H,1-2H3. The van der Waals surface area contributed by atoms with Crippen LogP contribution in [0.3, 0.4) is 0 Å².